The number of amides is 2. The Kier molecular flexibility index (Phi) is 8.55. The van der Waals surface area contributed by atoms with Gasteiger partial charge in [-0.2, -0.15) is 0 Å². The van der Waals surface area contributed by atoms with Gasteiger partial charge in [0.15, 0.2) is 22.5 Å². The average Bonchev–Trinajstić information content (AvgIpc) is 3.16. The minimum Gasteiger partial charge on any atom is -0.493 e. The van der Waals surface area contributed by atoms with Crippen molar-refractivity contribution in [1.82, 2.24) is 20.1 Å². The van der Waals surface area contributed by atoms with Gasteiger partial charge in [-0.25, -0.2) is 0 Å². The number of aryl methyl sites for hydroxylation is 1. The van der Waals surface area contributed by atoms with Crippen LogP contribution in [-0.2, 0) is 18.4 Å². The van der Waals surface area contributed by atoms with Crippen LogP contribution in [0.1, 0.15) is 21.7 Å². The predicted octanol–water partition coefficient (Wildman–Crippen LogP) is 3.41. The maximum Gasteiger partial charge on any atom is 0.251 e. The molecule has 2 aromatic carbocycles. The maximum absolute atomic E-state index is 12.5. The first-order valence-electron chi connectivity index (χ1n) is 9.89. The molecule has 0 saturated carbocycles. The van der Waals surface area contributed by atoms with Crippen molar-refractivity contribution in [3.05, 3.63) is 56.9 Å². The lowest BCUT2D eigenvalue weighted by Gasteiger charge is -2.10. The van der Waals surface area contributed by atoms with Crippen molar-refractivity contribution >= 4 is 51.9 Å². The van der Waals surface area contributed by atoms with E-state index in [1.165, 1.54) is 26.0 Å². The van der Waals surface area contributed by atoms with E-state index in [4.69, 9.17) is 9.47 Å². The number of nitrogens with one attached hydrogen (secondary N) is 2. The summed E-state index contributed by atoms with van der Waals surface area (Å²) in [5.74, 6) is 1.37. The number of nitrogens with zero attached hydrogens (tertiary/aromatic N) is 3. The molecule has 2 amide bonds. The van der Waals surface area contributed by atoms with Gasteiger partial charge >= 0.3 is 0 Å². The molecule has 0 radical (unpaired) electrons. The Morgan fingerprint density at radius 1 is 1.09 bits per heavy atom. The van der Waals surface area contributed by atoms with Gasteiger partial charge in [-0.05, 0) is 71.5 Å². The summed E-state index contributed by atoms with van der Waals surface area (Å²) >= 11 is 3.51. The minimum absolute atomic E-state index is 0.129. The summed E-state index contributed by atoms with van der Waals surface area (Å²) in [6, 6.07) is 10.8. The fraction of sp³-hybridized carbons (Fsp3) is 0.273. The molecule has 2 N–H and O–H groups in total. The van der Waals surface area contributed by atoms with Crippen LogP contribution >= 0.6 is 34.4 Å². The Hall–Kier alpha value is -2.80. The highest BCUT2D eigenvalue weighted by Crippen LogP contribution is 2.27. The lowest BCUT2D eigenvalue weighted by molar-refractivity contribution is -0.113. The van der Waals surface area contributed by atoms with Gasteiger partial charge in [-0.15, -0.1) is 10.2 Å². The second-order valence-corrected chi connectivity index (χ2v) is 9.19. The molecule has 0 aliphatic carbocycles. The lowest BCUT2D eigenvalue weighted by Crippen LogP contribution is -2.24. The number of rotatable bonds is 9. The molecule has 0 spiro atoms. The van der Waals surface area contributed by atoms with Crippen molar-refractivity contribution in [3.8, 4) is 11.5 Å². The Morgan fingerprint density at radius 3 is 2.55 bits per heavy atom. The van der Waals surface area contributed by atoms with Gasteiger partial charge in [0.1, 0.15) is 0 Å². The second-order valence-electron chi connectivity index (χ2n) is 7.01. The Bertz CT molecular complexity index is 1170. The van der Waals surface area contributed by atoms with Crippen LogP contribution in [0.25, 0.3) is 0 Å². The minimum atomic E-state index is -0.277. The third-order valence-corrected chi connectivity index (χ3v) is 6.46. The molecule has 11 heteroatoms. The third kappa shape index (κ3) is 6.38. The maximum atomic E-state index is 12.5. The van der Waals surface area contributed by atoms with E-state index in [2.05, 4.69) is 43.4 Å². The molecule has 9 nitrogen and oxygen atoms in total. The van der Waals surface area contributed by atoms with Gasteiger partial charge in [-0.3, -0.25) is 9.59 Å². The van der Waals surface area contributed by atoms with Gasteiger partial charge in [0.25, 0.3) is 5.91 Å². The van der Waals surface area contributed by atoms with Crippen molar-refractivity contribution in [1.29, 1.82) is 0 Å². The number of halogens is 1. The summed E-state index contributed by atoms with van der Waals surface area (Å²) in [4.78, 5) is 24.9. The van der Waals surface area contributed by atoms with Gasteiger partial charge in [0.2, 0.25) is 5.91 Å². The highest BCUT2D eigenvalue weighted by molar-refractivity contribution is 14.1. The molecule has 0 aliphatic heterocycles. The quantitative estimate of drug-likeness (QED) is 0.295. The summed E-state index contributed by atoms with van der Waals surface area (Å²) in [5.41, 5.74) is 2.23. The second kappa shape index (κ2) is 11.4. The van der Waals surface area contributed by atoms with Crippen molar-refractivity contribution in [3.63, 3.8) is 0 Å². The molecule has 3 rings (SSSR count). The number of aromatic nitrogens is 3. The molecule has 0 bridgehead atoms. The van der Waals surface area contributed by atoms with E-state index < -0.39 is 0 Å². The number of thioether (sulfide) groups is 1. The van der Waals surface area contributed by atoms with Crippen LogP contribution in [0.3, 0.4) is 0 Å². The first-order valence-corrected chi connectivity index (χ1v) is 12.0. The smallest absolute Gasteiger partial charge is 0.251 e. The number of benzene rings is 2. The van der Waals surface area contributed by atoms with E-state index in [9.17, 15) is 9.59 Å². The van der Waals surface area contributed by atoms with Crippen LogP contribution < -0.4 is 20.1 Å². The van der Waals surface area contributed by atoms with Crippen molar-refractivity contribution in [2.45, 2.75) is 18.6 Å². The Balaban J connectivity index is 1.55. The van der Waals surface area contributed by atoms with Crippen LogP contribution in [-0.4, -0.2) is 46.6 Å². The summed E-state index contributed by atoms with van der Waals surface area (Å²) in [7, 11) is 4.84. The molecule has 33 heavy (non-hydrogen) atoms. The summed E-state index contributed by atoms with van der Waals surface area (Å²) < 4.78 is 13.3. The third-order valence-electron chi connectivity index (χ3n) is 4.77. The fourth-order valence-corrected chi connectivity index (χ4v) is 4.32. The van der Waals surface area contributed by atoms with Crippen LogP contribution in [0.5, 0.6) is 11.5 Å². The fourth-order valence-electron chi connectivity index (χ4n) is 2.95. The number of carbonyl (C=O) groups is 2. The van der Waals surface area contributed by atoms with Gasteiger partial charge in [0, 0.05) is 21.9 Å². The molecule has 0 atom stereocenters. The zero-order valence-electron chi connectivity index (χ0n) is 18.6. The average molecular weight is 581 g/mol. The first kappa shape index (κ1) is 24.8. The normalized spacial score (nSPS) is 10.6. The van der Waals surface area contributed by atoms with E-state index in [1.54, 1.807) is 29.8 Å². The molecule has 0 saturated heterocycles. The highest BCUT2D eigenvalue weighted by atomic mass is 127. The largest absolute Gasteiger partial charge is 0.493 e. The summed E-state index contributed by atoms with van der Waals surface area (Å²) in [5, 5.41) is 14.6. The number of hydrogen-bond acceptors (Lipinski definition) is 7. The van der Waals surface area contributed by atoms with E-state index in [1.807, 2.05) is 25.1 Å². The van der Waals surface area contributed by atoms with Gasteiger partial charge in [0.05, 0.1) is 26.5 Å². The van der Waals surface area contributed by atoms with E-state index in [0.29, 0.717) is 28.0 Å². The van der Waals surface area contributed by atoms with Crippen LogP contribution in [0.2, 0.25) is 0 Å². The zero-order chi connectivity index (χ0) is 24.0. The van der Waals surface area contributed by atoms with Crippen molar-refractivity contribution in [2.24, 2.45) is 7.05 Å². The van der Waals surface area contributed by atoms with Crippen LogP contribution in [0.4, 0.5) is 5.69 Å². The lowest BCUT2D eigenvalue weighted by atomic mass is 10.2. The number of anilines is 1. The summed E-state index contributed by atoms with van der Waals surface area (Å²) in [6.45, 7) is 2.14. The number of carbonyl (C=O) groups excluding carboxylic acids is 2. The number of methoxy groups -OCH3 is 2. The monoisotopic (exact) mass is 581 g/mol. The molecule has 0 aliphatic rings. The standard InChI is InChI=1S/C22H24IN5O4S/c1-13-9-15(23)6-7-16(13)25-20(29)12-33-22-27-26-19(28(22)2)11-24-21(30)14-5-8-17(31-3)18(10-14)32-4/h5-10H,11-12H2,1-4H3,(H,24,30)(H,25,29). The van der Waals surface area contributed by atoms with Crippen LogP contribution in [0, 0.1) is 10.5 Å². The Labute approximate surface area is 209 Å². The first-order chi connectivity index (χ1) is 15.8. The number of hydrogen-bond donors (Lipinski definition) is 2. The molecule has 1 aromatic heterocycles. The highest BCUT2D eigenvalue weighted by Gasteiger charge is 2.15. The van der Waals surface area contributed by atoms with E-state index in [0.717, 1.165) is 14.8 Å². The van der Waals surface area contributed by atoms with Gasteiger partial charge in [-0.1, -0.05) is 11.8 Å². The molecule has 0 unspecified atom stereocenters. The molecular formula is C22H24IN5O4S. The van der Waals surface area contributed by atoms with Crippen LogP contribution in [0.15, 0.2) is 41.6 Å². The van der Waals surface area contributed by atoms with Crippen molar-refractivity contribution in [2.75, 3.05) is 25.3 Å². The SMILES string of the molecule is COc1ccc(C(=O)NCc2nnc(SCC(=O)Nc3ccc(I)cc3C)n2C)cc1OC. The summed E-state index contributed by atoms with van der Waals surface area (Å²) in [6.07, 6.45) is 0. The van der Waals surface area contributed by atoms with E-state index >= 15 is 0 Å². The van der Waals surface area contributed by atoms with Gasteiger partial charge < -0.3 is 24.7 Å². The molecule has 3 aromatic rings. The zero-order valence-corrected chi connectivity index (χ0v) is 21.6. The van der Waals surface area contributed by atoms with Crippen molar-refractivity contribution < 1.29 is 19.1 Å². The predicted molar refractivity (Wildman–Crippen MR) is 135 cm³/mol. The van der Waals surface area contributed by atoms with E-state index in [-0.39, 0.29) is 24.1 Å². The Morgan fingerprint density at radius 2 is 1.85 bits per heavy atom. The topological polar surface area (TPSA) is 107 Å². The molecule has 1 heterocycles. The number of ether oxygens (including phenoxy) is 2. The molecule has 0 fully saturated rings. The molecular weight excluding hydrogens is 557 g/mol. The molecule has 174 valence electrons.